The molecule has 1 spiro atoms. The van der Waals surface area contributed by atoms with Crippen molar-refractivity contribution >= 4 is 12.9 Å². The smallest absolute Gasteiger partial charge is 0.323 e. The summed E-state index contributed by atoms with van der Waals surface area (Å²) in [6.07, 6.45) is 6.92. The van der Waals surface area contributed by atoms with E-state index in [9.17, 15) is 14.9 Å². The van der Waals surface area contributed by atoms with Crippen molar-refractivity contribution < 1.29 is 14.9 Å². The summed E-state index contributed by atoms with van der Waals surface area (Å²) in [7, 11) is 0. The predicted octanol–water partition coefficient (Wildman–Crippen LogP) is 1.08. The molecule has 5 nitrogen and oxygen atoms in total. The summed E-state index contributed by atoms with van der Waals surface area (Å²) in [5.74, 6) is -0.870. The summed E-state index contributed by atoms with van der Waals surface area (Å²) >= 11 is 0. The first-order valence-electron chi connectivity index (χ1n) is 7.83. The Morgan fingerprint density at radius 1 is 1.45 bits per heavy atom. The van der Waals surface area contributed by atoms with E-state index in [0.717, 1.165) is 38.6 Å². The molecule has 1 heterocycles. The number of carboxylic acids is 1. The van der Waals surface area contributed by atoms with E-state index in [0.29, 0.717) is 12.7 Å². The normalized spacial score (nSPS) is 37.2. The molecule has 0 radical (unpaired) electrons. The van der Waals surface area contributed by atoms with Crippen molar-refractivity contribution in [2.45, 2.75) is 69.2 Å². The van der Waals surface area contributed by atoms with Crippen LogP contribution in [0.25, 0.3) is 0 Å². The third-order valence-electron chi connectivity index (χ3n) is 5.29. The summed E-state index contributed by atoms with van der Waals surface area (Å²) in [5, 5.41) is 22.5. The highest BCUT2D eigenvalue weighted by atomic mass is 16.4. The zero-order chi connectivity index (χ0) is 14.8. The van der Waals surface area contributed by atoms with Crippen molar-refractivity contribution in [2.24, 2.45) is 11.7 Å². The molecular formula is C14H27BN2O3. The molecule has 1 aliphatic carbocycles. The molecule has 3 unspecified atom stereocenters. The van der Waals surface area contributed by atoms with E-state index in [2.05, 4.69) is 5.32 Å². The first-order chi connectivity index (χ1) is 9.38. The number of nitrogens with two attached hydrogens (primary N) is 1. The van der Waals surface area contributed by atoms with Gasteiger partial charge in [-0.15, -0.1) is 0 Å². The van der Waals surface area contributed by atoms with E-state index in [1.54, 1.807) is 6.82 Å². The average molecular weight is 282 g/mol. The molecule has 5 N–H and O–H groups in total. The second kappa shape index (κ2) is 6.04. The van der Waals surface area contributed by atoms with Crippen LogP contribution in [0.15, 0.2) is 0 Å². The maximum atomic E-state index is 11.6. The minimum Gasteiger partial charge on any atom is -0.480 e. The molecule has 0 aromatic heterocycles. The van der Waals surface area contributed by atoms with Gasteiger partial charge >= 0.3 is 5.97 Å². The van der Waals surface area contributed by atoms with Crippen molar-refractivity contribution in [3.63, 3.8) is 0 Å². The SMILES string of the molecule is CB(O)CCCC1CC2(CCCN2)CCC1(N)C(=O)O. The Morgan fingerprint density at radius 3 is 2.75 bits per heavy atom. The summed E-state index contributed by atoms with van der Waals surface area (Å²) in [6, 6.07) is 0. The van der Waals surface area contributed by atoms with E-state index in [4.69, 9.17) is 5.73 Å². The lowest BCUT2D eigenvalue weighted by Gasteiger charge is -2.46. The second-order valence-electron chi connectivity index (χ2n) is 6.84. The van der Waals surface area contributed by atoms with Crippen LogP contribution in [-0.4, -0.2) is 40.6 Å². The van der Waals surface area contributed by atoms with Gasteiger partial charge < -0.3 is 21.2 Å². The highest BCUT2D eigenvalue weighted by Crippen LogP contribution is 2.44. The fraction of sp³-hybridized carbons (Fsp3) is 0.929. The number of carbonyl (C=O) groups is 1. The van der Waals surface area contributed by atoms with E-state index in [1.165, 1.54) is 6.42 Å². The summed E-state index contributed by atoms with van der Waals surface area (Å²) < 4.78 is 0. The van der Waals surface area contributed by atoms with Gasteiger partial charge in [-0.25, -0.2) is 0 Å². The fourth-order valence-corrected chi connectivity index (χ4v) is 3.96. The molecule has 0 aromatic carbocycles. The van der Waals surface area contributed by atoms with Crippen LogP contribution < -0.4 is 11.1 Å². The van der Waals surface area contributed by atoms with E-state index in [1.807, 2.05) is 0 Å². The van der Waals surface area contributed by atoms with Gasteiger partial charge in [0.15, 0.2) is 0 Å². The van der Waals surface area contributed by atoms with Crippen LogP contribution >= 0.6 is 0 Å². The monoisotopic (exact) mass is 282 g/mol. The molecule has 2 rings (SSSR count). The lowest BCUT2D eigenvalue weighted by atomic mass is 9.61. The van der Waals surface area contributed by atoms with Gasteiger partial charge in [0.05, 0.1) is 0 Å². The Kier molecular flexibility index (Phi) is 4.77. The fourth-order valence-electron chi connectivity index (χ4n) is 3.96. The average Bonchev–Trinajstić information content (AvgIpc) is 2.82. The van der Waals surface area contributed by atoms with E-state index in [-0.39, 0.29) is 18.4 Å². The lowest BCUT2D eigenvalue weighted by Crippen LogP contribution is -2.61. The molecule has 0 amide bonds. The Hall–Kier alpha value is -0.585. The van der Waals surface area contributed by atoms with Crippen LogP contribution in [0, 0.1) is 5.92 Å². The Morgan fingerprint density at radius 2 is 2.20 bits per heavy atom. The molecule has 6 heteroatoms. The van der Waals surface area contributed by atoms with Crippen molar-refractivity contribution in [2.75, 3.05) is 6.54 Å². The van der Waals surface area contributed by atoms with Gasteiger partial charge in [-0.05, 0) is 57.3 Å². The number of hydrogen-bond acceptors (Lipinski definition) is 4. The van der Waals surface area contributed by atoms with Crippen LogP contribution in [0.4, 0.5) is 0 Å². The second-order valence-corrected chi connectivity index (χ2v) is 6.84. The molecule has 20 heavy (non-hydrogen) atoms. The van der Waals surface area contributed by atoms with Crippen molar-refractivity contribution in [1.29, 1.82) is 0 Å². The van der Waals surface area contributed by atoms with Gasteiger partial charge in [-0.2, -0.15) is 0 Å². The van der Waals surface area contributed by atoms with Gasteiger partial charge in [0.1, 0.15) is 5.54 Å². The van der Waals surface area contributed by atoms with Crippen LogP contribution in [0.1, 0.15) is 44.9 Å². The predicted molar refractivity (Wildman–Crippen MR) is 79.7 cm³/mol. The van der Waals surface area contributed by atoms with Gasteiger partial charge in [0, 0.05) is 5.54 Å². The van der Waals surface area contributed by atoms with E-state index < -0.39 is 11.5 Å². The maximum absolute atomic E-state index is 11.6. The number of rotatable bonds is 5. The highest BCUT2D eigenvalue weighted by Gasteiger charge is 2.51. The molecular weight excluding hydrogens is 255 g/mol. The zero-order valence-corrected chi connectivity index (χ0v) is 12.4. The summed E-state index contributed by atoms with van der Waals surface area (Å²) in [6.45, 7) is 2.48. The number of hydrogen-bond donors (Lipinski definition) is 4. The molecule has 0 aromatic rings. The van der Waals surface area contributed by atoms with Crippen LogP contribution in [0.5, 0.6) is 0 Å². The molecule has 1 aliphatic heterocycles. The molecule has 3 atom stereocenters. The van der Waals surface area contributed by atoms with Crippen molar-refractivity contribution in [3.05, 3.63) is 0 Å². The van der Waals surface area contributed by atoms with Crippen LogP contribution in [0.2, 0.25) is 13.1 Å². The molecule has 114 valence electrons. The topological polar surface area (TPSA) is 95.6 Å². The third-order valence-corrected chi connectivity index (χ3v) is 5.29. The molecule has 2 fully saturated rings. The molecule has 1 saturated carbocycles. The standard InChI is InChI=1S/C14H27BN2O3/c1-15(20)8-2-4-11-10-13(5-3-9-17-13)6-7-14(11,16)12(18)19/h11,17,20H,2-10,16H2,1H3,(H,18,19). The Balaban J connectivity index is 2.04. The lowest BCUT2D eigenvalue weighted by molar-refractivity contribution is -0.148. The van der Waals surface area contributed by atoms with Crippen molar-refractivity contribution in [3.8, 4) is 0 Å². The molecule has 2 aliphatic rings. The minimum atomic E-state index is -1.09. The van der Waals surface area contributed by atoms with Gasteiger partial charge in [-0.3, -0.25) is 4.79 Å². The van der Waals surface area contributed by atoms with Crippen molar-refractivity contribution in [1.82, 2.24) is 5.32 Å². The van der Waals surface area contributed by atoms with Gasteiger partial charge in [0.25, 0.3) is 6.92 Å². The summed E-state index contributed by atoms with van der Waals surface area (Å²) in [5.41, 5.74) is 5.25. The van der Waals surface area contributed by atoms with Gasteiger partial charge in [0.2, 0.25) is 0 Å². The molecule has 0 bridgehead atoms. The van der Waals surface area contributed by atoms with Crippen LogP contribution in [0.3, 0.4) is 0 Å². The first-order valence-corrected chi connectivity index (χ1v) is 7.83. The number of carboxylic acid groups (broad SMARTS) is 1. The Labute approximate surface area is 121 Å². The quantitative estimate of drug-likeness (QED) is 0.566. The van der Waals surface area contributed by atoms with E-state index >= 15 is 0 Å². The van der Waals surface area contributed by atoms with Gasteiger partial charge in [-0.1, -0.05) is 13.2 Å². The largest absolute Gasteiger partial charge is 0.480 e. The minimum absolute atomic E-state index is 0.00176. The van der Waals surface area contributed by atoms with Crippen LogP contribution in [-0.2, 0) is 4.79 Å². The first kappa shape index (κ1) is 15.8. The number of aliphatic carboxylic acids is 1. The Bertz CT molecular complexity index is 358. The number of nitrogens with one attached hydrogen (secondary N) is 1. The maximum Gasteiger partial charge on any atom is 0.323 e. The zero-order valence-electron chi connectivity index (χ0n) is 12.4. The third kappa shape index (κ3) is 3.18. The summed E-state index contributed by atoms with van der Waals surface area (Å²) in [4.78, 5) is 11.6. The highest BCUT2D eigenvalue weighted by molar-refractivity contribution is 6.48. The molecule has 1 saturated heterocycles.